The summed E-state index contributed by atoms with van der Waals surface area (Å²) in [5.74, 6) is 0.878. The third kappa shape index (κ3) is 4.64. The van der Waals surface area contributed by atoms with Crippen LogP contribution in [0.15, 0.2) is 36.4 Å². The van der Waals surface area contributed by atoms with Crippen LogP contribution in [0.1, 0.15) is 17.3 Å². The molecular formula is C18H18ClNO5. The van der Waals surface area contributed by atoms with E-state index in [-0.39, 0.29) is 5.75 Å². The van der Waals surface area contributed by atoms with Crippen molar-refractivity contribution in [2.24, 2.45) is 0 Å². The molecule has 2 aromatic rings. The fourth-order valence-electron chi connectivity index (χ4n) is 2.11. The molecule has 0 saturated carbocycles. The zero-order chi connectivity index (χ0) is 18.4. The zero-order valence-corrected chi connectivity index (χ0v) is 14.8. The summed E-state index contributed by atoms with van der Waals surface area (Å²) in [5.41, 5.74) is 0.722. The van der Waals surface area contributed by atoms with Gasteiger partial charge in [0.15, 0.2) is 12.4 Å². The van der Waals surface area contributed by atoms with Crippen molar-refractivity contribution in [3.63, 3.8) is 0 Å². The number of halogens is 1. The van der Waals surface area contributed by atoms with E-state index < -0.39 is 12.0 Å². The van der Waals surface area contributed by atoms with Crippen molar-refractivity contribution < 1.29 is 23.8 Å². The summed E-state index contributed by atoms with van der Waals surface area (Å²) in [7, 11) is 2.99. The number of carbonyl (C=O) groups is 2. The van der Waals surface area contributed by atoms with Gasteiger partial charge < -0.3 is 19.5 Å². The number of benzene rings is 2. The molecule has 1 N–H and O–H groups in total. The van der Waals surface area contributed by atoms with Crippen molar-refractivity contribution in [2.75, 3.05) is 19.5 Å². The third-order valence-corrected chi connectivity index (χ3v) is 3.67. The monoisotopic (exact) mass is 363 g/mol. The second-order valence-corrected chi connectivity index (χ2v) is 5.55. The lowest BCUT2D eigenvalue weighted by molar-refractivity contribution is -0.122. The third-order valence-electron chi connectivity index (χ3n) is 3.44. The minimum Gasteiger partial charge on any atom is -0.497 e. The topological polar surface area (TPSA) is 73.9 Å². The molecule has 0 aliphatic carbocycles. The van der Waals surface area contributed by atoms with Crippen molar-refractivity contribution >= 4 is 29.5 Å². The Hall–Kier alpha value is -2.73. The fourth-order valence-corrected chi connectivity index (χ4v) is 2.28. The van der Waals surface area contributed by atoms with Crippen LogP contribution in [0.25, 0.3) is 0 Å². The Labute approximate surface area is 150 Å². The highest BCUT2D eigenvalue weighted by molar-refractivity contribution is 6.31. The number of methoxy groups -OCH3 is 2. The average molecular weight is 364 g/mol. The molecule has 2 aromatic carbocycles. The molecule has 2 rings (SSSR count). The van der Waals surface area contributed by atoms with Gasteiger partial charge in [-0.15, -0.1) is 0 Å². The van der Waals surface area contributed by atoms with Crippen molar-refractivity contribution in [1.82, 2.24) is 0 Å². The number of amides is 1. The van der Waals surface area contributed by atoms with Crippen LogP contribution in [0, 0.1) is 0 Å². The van der Waals surface area contributed by atoms with Crippen LogP contribution in [0.5, 0.6) is 17.2 Å². The number of nitrogens with one attached hydrogen (secondary N) is 1. The highest BCUT2D eigenvalue weighted by atomic mass is 35.5. The van der Waals surface area contributed by atoms with Crippen molar-refractivity contribution in [2.45, 2.75) is 13.0 Å². The molecule has 132 valence electrons. The van der Waals surface area contributed by atoms with Crippen LogP contribution in [-0.2, 0) is 4.79 Å². The molecule has 7 heteroatoms. The molecule has 0 aliphatic rings. The molecule has 25 heavy (non-hydrogen) atoms. The highest BCUT2D eigenvalue weighted by Crippen LogP contribution is 2.28. The Morgan fingerprint density at radius 2 is 1.84 bits per heavy atom. The summed E-state index contributed by atoms with van der Waals surface area (Å²) in [6, 6.07) is 9.64. The lowest BCUT2D eigenvalue weighted by atomic mass is 10.2. The Bertz CT molecular complexity index is 778. The molecule has 0 radical (unpaired) electrons. The van der Waals surface area contributed by atoms with Gasteiger partial charge in [0.05, 0.1) is 25.5 Å². The summed E-state index contributed by atoms with van der Waals surface area (Å²) in [6.45, 7) is 1.57. The van der Waals surface area contributed by atoms with Gasteiger partial charge >= 0.3 is 0 Å². The summed E-state index contributed by atoms with van der Waals surface area (Å²) < 4.78 is 15.8. The van der Waals surface area contributed by atoms with E-state index in [0.29, 0.717) is 34.1 Å². The molecule has 1 atom stereocenters. The van der Waals surface area contributed by atoms with Gasteiger partial charge in [0.2, 0.25) is 0 Å². The minimum atomic E-state index is -0.851. The predicted octanol–water partition coefficient (Wildman–Crippen LogP) is 3.58. The molecule has 0 aromatic heterocycles. The quantitative estimate of drug-likeness (QED) is 0.761. The molecule has 0 heterocycles. The van der Waals surface area contributed by atoms with E-state index in [9.17, 15) is 9.59 Å². The standard InChI is InChI=1S/C18H18ClNO5/c1-11(25-16-7-5-14(23-2)8-12(16)10-21)18(22)20-15-9-13(19)4-6-17(15)24-3/h4-11H,1-3H3,(H,20,22)/t11-/m0/s1. The van der Waals surface area contributed by atoms with E-state index >= 15 is 0 Å². The first-order valence-corrected chi connectivity index (χ1v) is 7.80. The molecule has 0 bridgehead atoms. The van der Waals surface area contributed by atoms with E-state index in [1.807, 2.05) is 0 Å². The van der Waals surface area contributed by atoms with Gasteiger partial charge in [-0.25, -0.2) is 0 Å². The summed E-state index contributed by atoms with van der Waals surface area (Å²) >= 11 is 5.95. The van der Waals surface area contributed by atoms with Crippen LogP contribution < -0.4 is 19.5 Å². The number of anilines is 1. The molecule has 0 saturated heterocycles. The number of hydrogen-bond donors (Lipinski definition) is 1. The van der Waals surface area contributed by atoms with Gasteiger partial charge in [-0.05, 0) is 43.3 Å². The maximum atomic E-state index is 12.4. The number of hydrogen-bond acceptors (Lipinski definition) is 5. The van der Waals surface area contributed by atoms with Crippen molar-refractivity contribution in [3.05, 3.63) is 47.0 Å². The number of rotatable bonds is 7. The Kier molecular flexibility index (Phi) is 6.25. The van der Waals surface area contributed by atoms with Gasteiger partial charge in [0.1, 0.15) is 17.2 Å². The summed E-state index contributed by atoms with van der Waals surface area (Å²) in [5, 5.41) is 3.16. The van der Waals surface area contributed by atoms with Crippen LogP contribution in [-0.4, -0.2) is 32.5 Å². The Morgan fingerprint density at radius 1 is 1.12 bits per heavy atom. The predicted molar refractivity (Wildman–Crippen MR) is 95.1 cm³/mol. The maximum Gasteiger partial charge on any atom is 0.265 e. The lowest BCUT2D eigenvalue weighted by Crippen LogP contribution is -2.30. The average Bonchev–Trinajstić information content (AvgIpc) is 2.62. The molecule has 1 amide bonds. The molecular weight excluding hydrogens is 346 g/mol. The van der Waals surface area contributed by atoms with E-state index in [2.05, 4.69) is 5.32 Å². The van der Waals surface area contributed by atoms with Gasteiger partial charge in [0.25, 0.3) is 5.91 Å². The molecule has 0 spiro atoms. The molecule has 0 aliphatic heterocycles. The van der Waals surface area contributed by atoms with E-state index in [1.165, 1.54) is 20.3 Å². The second-order valence-electron chi connectivity index (χ2n) is 5.12. The summed E-state index contributed by atoms with van der Waals surface area (Å²) in [4.78, 5) is 23.6. The minimum absolute atomic E-state index is 0.288. The van der Waals surface area contributed by atoms with Crippen molar-refractivity contribution in [3.8, 4) is 17.2 Å². The number of ether oxygens (including phenoxy) is 3. The van der Waals surface area contributed by atoms with Crippen molar-refractivity contribution in [1.29, 1.82) is 0 Å². The molecule has 0 fully saturated rings. The van der Waals surface area contributed by atoms with E-state index in [0.717, 1.165) is 0 Å². The zero-order valence-electron chi connectivity index (χ0n) is 14.0. The van der Waals surface area contributed by atoms with Gasteiger partial charge in [-0.1, -0.05) is 11.6 Å². The SMILES string of the molecule is COc1ccc(O[C@@H](C)C(=O)Nc2cc(Cl)ccc2OC)c(C=O)c1. The Morgan fingerprint density at radius 3 is 2.48 bits per heavy atom. The van der Waals surface area contributed by atoms with Crippen LogP contribution in [0.4, 0.5) is 5.69 Å². The maximum absolute atomic E-state index is 12.4. The van der Waals surface area contributed by atoms with Crippen LogP contribution >= 0.6 is 11.6 Å². The van der Waals surface area contributed by atoms with E-state index in [1.54, 1.807) is 37.3 Å². The smallest absolute Gasteiger partial charge is 0.265 e. The van der Waals surface area contributed by atoms with Gasteiger partial charge in [-0.2, -0.15) is 0 Å². The lowest BCUT2D eigenvalue weighted by Gasteiger charge is -2.17. The first-order chi connectivity index (χ1) is 12.0. The molecule has 0 unspecified atom stereocenters. The van der Waals surface area contributed by atoms with Gasteiger partial charge in [-0.3, -0.25) is 9.59 Å². The highest BCUT2D eigenvalue weighted by Gasteiger charge is 2.18. The first-order valence-electron chi connectivity index (χ1n) is 7.42. The summed E-state index contributed by atoms with van der Waals surface area (Å²) in [6.07, 6.45) is -0.210. The van der Waals surface area contributed by atoms with E-state index in [4.69, 9.17) is 25.8 Å². The van der Waals surface area contributed by atoms with Crippen LogP contribution in [0.2, 0.25) is 5.02 Å². The normalized spacial score (nSPS) is 11.4. The Balaban J connectivity index is 2.13. The largest absolute Gasteiger partial charge is 0.497 e. The number of carbonyl (C=O) groups excluding carboxylic acids is 2. The fraction of sp³-hybridized carbons (Fsp3) is 0.222. The first kappa shape index (κ1) is 18.6. The molecule has 6 nitrogen and oxygen atoms in total. The van der Waals surface area contributed by atoms with Gasteiger partial charge in [0, 0.05) is 5.02 Å². The number of aldehydes is 1. The second kappa shape index (κ2) is 8.39. The van der Waals surface area contributed by atoms with Crippen LogP contribution in [0.3, 0.4) is 0 Å².